The van der Waals surface area contributed by atoms with E-state index >= 15 is 0 Å². The van der Waals surface area contributed by atoms with E-state index < -0.39 is 0 Å². The van der Waals surface area contributed by atoms with E-state index in [9.17, 15) is 0 Å². The minimum atomic E-state index is 0.919. The summed E-state index contributed by atoms with van der Waals surface area (Å²) in [6.45, 7) is 0. The second kappa shape index (κ2) is 21.5. The summed E-state index contributed by atoms with van der Waals surface area (Å²) >= 11 is 0. The summed E-state index contributed by atoms with van der Waals surface area (Å²) < 4.78 is 0. The van der Waals surface area contributed by atoms with E-state index in [1.807, 2.05) is 24.5 Å². The fourth-order valence-corrected chi connectivity index (χ4v) is 10.7. The molecule has 0 radical (unpaired) electrons. The molecular weight excluding hydrogens is 943 g/mol. The zero-order valence-electron chi connectivity index (χ0n) is 42.8. The highest BCUT2D eigenvalue weighted by Gasteiger charge is 2.19. The highest BCUT2D eigenvalue weighted by Crippen LogP contribution is 2.45. The smallest absolute Gasteiger partial charge is 0.0708 e. The fourth-order valence-electron chi connectivity index (χ4n) is 10.7. The highest BCUT2D eigenvalue weighted by molar-refractivity contribution is 5.97. The van der Waals surface area contributed by atoms with Crippen molar-refractivity contribution in [1.29, 1.82) is 0 Å². The van der Waals surface area contributed by atoms with Gasteiger partial charge in [0, 0.05) is 52.0 Å². The van der Waals surface area contributed by atoms with Crippen LogP contribution in [0.2, 0.25) is 0 Å². The van der Waals surface area contributed by atoms with Gasteiger partial charge in [-0.1, -0.05) is 255 Å². The van der Waals surface area contributed by atoms with Crippen molar-refractivity contribution in [1.82, 2.24) is 15.0 Å². The van der Waals surface area contributed by atoms with E-state index in [-0.39, 0.29) is 0 Å². The van der Waals surface area contributed by atoms with Crippen LogP contribution in [0.3, 0.4) is 0 Å². The van der Waals surface area contributed by atoms with Crippen molar-refractivity contribution in [3.63, 3.8) is 0 Å². The van der Waals surface area contributed by atoms with Crippen molar-refractivity contribution >= 4 is 0 Å². The number of hydrogen-bond donors (Lipinski definition) is 0. The average Bonchev–Trinajstić information content (AvgIpc) is 3.55. The third-order valence-corrected chi connectivity index (χ3v) is 14.7. The highest BCUT2D eigenvalue weighted by atomic mass is 14.7. The van der Waals surface area contributed by atoms with E-state index in [4.69, 9.17) is 15.0 Å². The summed E-state index contributed by atoms with van der Waals surface area (Å²) in [4.78, 5) is 15.2. The molecule has 0 fully saturated rings. The summed E-state index contributed by atoms with van der Waals surface area (Å²) in [7, 11) is 0. The normalized spacial score (nSPS) is 11.1. The minimum absolute atomic E-state index is 0.919. The van der Waals surface area contributed by atoms with Gasteiger partial charge in [-0.05, 0) is 120 Å². The fraction of sp³-hybridized carbons (Fsp3) is 0. The zero-order chi connectivity index (χ0) is 52.0. The van der Waals surface area contributed by atoms with Gasteiger partial charge in [0.2, 0.25) is 0 Å². The SMILES string of the molecule is c1ccc(-c2ccc(-c3ccc(-c4cc(-c5ccccc5)ncc4-c4ccccc4-c4cc(-c5ccccc5-c5ccc(-c6ccccc6)nc5)cc(-c5ccccc5-c5ccc(-c6ccccc6)nc5)c4)cc3)cc2)cc1. The van der Waals surface area contributed by atoms with Crippen LogP contribution in [0.15, 0.2) is 310 Å². The Bertz CT molecular complexity index is 4030. The summed E-state index contributed by atoms with van der Waals surface area (Å²) in [5, 5.41) is 0. The Hall–Kier alpha value is -10.4. The van der Waals surface area contributed by atoms with Gasteiger partial charge < -0.3 is 0 Å². The Morgan fingerprint density at radius 2 is 0.423 bits per heavy atom. The van der Waals surface area contributed by atoms with Gasteiger partial charge in [0.25, 0.3) is 0 Å². The van der Waals surface area contributed by atoms with E-state index in [0.717, 1.165) is 117 Å². The number of benzene rings is 10. The van der Waals surface area contributed by atoms with Crippen LogP contribution in [0, 0.1) is 0 Å². The molecule has 0 amide bonds. The molecule has 0 unspecified atom stereocenters. The van der Waals surface area contributed by atoms with Crippen molar-refractivity contribution in [3.8, 4) is 134 Å². The van der Waals surface area contributed by atoms with Gasteiger partial charge in [-0.2, -0.15) is 0 Å². The molecule has 3 heterocycles. The molecule has 13 aromatic rings. The molecule has 10 aromatic carbocycles. The first-order valence-corrected chi connectivity index (χ1v) is 26.5. The Kier molecular flexibility index (Phi) is 13.0. The van der Waals surface area contributed by atoms with Gasteiger partial charge in [-0.25, -0.2) is 0 Å². The molecule has 3 heteroatoms. The van der Waals surface area contributed by atoms with Crippen molar-refractivity contribution < 1.29 is 0 Å². The number of hydrogen-bond acceptors (Lipinski definition) is 3. The van der Waals surface area contributed by atoms with E-state index in [2.05, 4.69) is 285 Å². The maximum Gasteiger partial charge on any atom is 0.0708 e. The second-order valence-electron chi connectivity index (χ2n) is 19.5. The average molecular weight is 994 g/mol. The van der Waals surface area contributed by atoms with E-state index in [1.54, 1.807) is 0 Å². The molecule has 0 atom stereocenters. The Morgan fingerprint density at radius 3 is 0.808 bits per heavy atom. The lowest BCUT2D eigenvalue weighted by Crippen LogP contribution is -1.95. The summed E-state index contributed by atoms with van der Waals surface area (Å²) in [6, 6.07) is 104. The van der Waals surface area contributed by atoms with Crippen LogP contribution in [-0.2, 0) is 0 Å². The molecule has 0 N–H and O–H groups in total. The molecule has 78 heavy (non-hydrogen) atoms. The monoisotopic (exact) mass is 993 g/mol. The van der Waals surface area contributed by atoms with Crippen LogP contribution in [-0.4, -0.2) is 15.0 Å². The molecule has 3 aromatic heterocycles. The summed E-state index contributed by atoms with van der Waals surface area (Å²) in [5.74, 6) is 0. The van der Waals surface area contributed by atoms with Gasteiger partial charge in [-0.3, -0.25) is 15.0 Å². The standard InChI is InChI=1S/C75H51N3/c1-5-19-52(20-6-1)53-33-35-54(36-34-53)55-37-39-56(40-38-55)71-48-75(59-25-11-4-12-26-59)78-51-72(71)70-32-18-17-31-69(70)64-46-62(67-29-15-13-27-65(67)60-41-43-73(76-49-60)57-21-7-2-8-22-57)45-63(47-64)68-30-16-14-28-66(68)61-42-44-74(77-50-61)58-23-9-3-10-24-58/h1-51H. The third kappa shape index (κ3) is 9.76. The Morgan fingerprint density at radius 1 is 0.141 bits per heavy atom. The van der Waals surface area contributed by atoms with E-state index in [1.165, 1.54) is 16.7 Å². The van der Waals surface area contributed by atoms with Crippen molar-refractivity contribution in [2.24, 2.45) is 0 Å². The first-order valence-electron chi connectivity index (χ1n) is 26.5. The maximum atomic E-state index is 5.20. The largest absolute Gasteiger partial charge is 0.256 e. The molecule has 0 aliphatic rings. The van der Waals surface area contributed by atoms with Crippen LogP contribution in [0.5, 0.6) is 0 Å². The van der Waals surface area contributed by atoms with Crippen LogP contribution in [0.4, 0.5) is 0 Å². The lowest BCUT2D eigenvalue weighted by atomic mass is 9.85. The number of pyridine rings is 3. The Labute approximate surface area is 456 Å². The minimum Gasteiger partial charge on any atom is -0.256 e. The molecule has 13 rings (SSSR count). The third-order valence-electron chi connectivity index (χ3n) is 14.7. The molecule has 0 bridgehead atoms. The molecular formula is C75H51N3. The number of nitrogens with zero attached hydrogens (tertiary/aromatic N) is 3. The molecule has 0 aliphatic carbocycles. The first-order chi connectivity index (χ1) is 38.7. The molecule has 0 spiro atoms. The molecule has 366 valence electrons. The van der Waals surface area contributed by atoms with Crippen molar-refractivity contribution in [3.05, 3.63) is 310 Å². The van der Waals surface area contributed by atoms with Crippen molar-refractivity contribution in [2.45, 2.75) is 0 Å². The lowest BCUT2D eigenvalue weighted by Gasteiger charge is -2.19. The first kappa shape index (κ1) is 47.4. The van der Waals surface area contributed by atoms with Crippen LogP contribution in [0.25, 0.3) is 134 Å². The van der Waals surface area contributed by atoms with Gasteiger partial charge >= 0.3 is 0 Å². The second-order valence-corrected chi connectivity index (χ2v) is 19.5. The van der Waals surface area contributed by atoms with E-state index in [0.29, 0.717) is 0 Å². The van der Waals surface area contributed by atoms with Gasteiger partial charge in [0.1, 0.15) is 0 Å². The number of aromatic nitrogens is 3. The quantitative estimate of drug-likeness (QED) is 0.122. The van der Waals surface area contributed by atoms with Gasteiger partial charge in [0.15, 0.2) is 0 Å². The van der Waals surface area contributed by atoms with Crippen LogP contribution < -0.4 is 0 Å². The van der Waals surface area contributed by atoms with Crippen LogP contribution in [0.1, 0.15) is 0 Å². The predicted molar refractivity (Wildman–Crippen MR) is 325 cm³/mol. The maximum absolute atomic E-state index is 5.20. The van der Waals surface area contributed by atoms with Crippen LogP contribution >= 0.6 is 0 Å². The van der Waals surface area contributed by atoms with Gasteiger partial charge in [0.05, 0.1) is 17.1 Å². The van der Waals surface area contributed by atoms with Gasteiger partial charge in [-0.15, -0.1) is 0 Å². The van der Waals surface area contributed by atoms with Crippen molar-refractivity contribution in [2.75, 3.05) is 0 Å². The number of rotatable bonds is 12. The zero-order valence-corrected chi connectivity index (χ0v) is 42.8. The molecule has 0 saturated heterocycles. The summed E-state index contributed by atoms with van der Waals surface area (Å²) in [5.41, 5.74) is 26.1. The molecule has 3 nitrogen and oxygen atoms in total. The topological polar surface area (TPSA) is 38.7 Å². The lowest BCUT2D eigenvalue weighted by molar-refractivity contribution is 1.32. The molecule has 0 saturated carbocycles. The molecule has 0 aliphatic heterocycles. The predicted octanol–water partition coefficient (Wildman–Crippen LogP) is 19.9. The summed E-state index contributed by atoms with van der Waals surface area (Å²) in [6.07, 6.45) is 6.08. The Balaban J connectivity index is 0.955.